The summed E-state index contributed by atoms with van der Waals surface area (Å²) in [7, 11) is -0.214. The molecule has 1 saturated carbocycles. The first-order chi connectivity index (χ1) is 15.6. The molecule has 3 atom stereocenters. The van der Waals surface area contributed by atoms with Crippen molar-refractivity contribution in [3.8, 4) is 5.75 Å². The third-order valence-electron chi connectivity index (χ3n) is 6.31. The summed E-state index contributed by atoms with van der Waals surface area (Å²) in [4.78, 5) is 29.7. The highest BCUT2D eigenvalue weighted by molar-refractivity contribution is 7.92. The molecule has 1 heterocycles. The molecule has 1 aromatic carbocycles. The Kier molecular flexibility index (Phi) is 7.89. The van der Waals surface area contributed by atoms with Gasteiger partial charge >= 0.3 is 0 Å². The summed E-state index contributed by atoms with van der Waals surface area (Å²) in [6.07, 6.45) is 1.56. The number of nitrogens with one attached hydrogen (secondary N) is 1. The van der Waals surface area contributed by atoms with Crippen molar-refractivity contribution in [2.45, 2.75) is 45.8 Å². The van der Waals surface area contributed by atoms with E-state index in [-0.39, 0.29) is 53.7 Å². The third-order valence-corrected chi connectivity index (χ3v) is 7.61. The van der Waals surface area contributed by atoms with Crippen molar-refractivity contribution in [1.29, 1.82) is 0 Å². The molecule has 0 radical (unpaired) electrons. The molecule has 0 aromatic heterocycles. The van der Waals surface area contributed by atoms with Crippen LogP contribution in [0.1, 0.15) is 44.0 Å². The lowest BCUT2D eigenvalue weighted by Gasteiger charge is -2.36. The van der Waals surface area contributed by atoms with Crippen LogP contribution < -0.4 is 9.46 Å². The van der Waals surface area contributed by atoms with Crippen molar-refractivity contribution in [2.24, 2.45) is 11.8 Å². The Morgan fingerprint density at radius 2 is 1.94 bits per heavy atom. The van der Waals surface area contributed by atoms with Crippen LogP contribution >= 0.6 is 0 Å². The molecule has 10 heteroatoms. The Balaban J connectivity index is 1.96. The van der Waals surface area contributed by atoms with E-state index in [1.54, 1.807) is 38.1 Å². The minimum absolute atomic E-state index is 0.00278. The van der Waals surface area contributed by atoms with Crippen molar-refractivity contribution in [3.63, 3.8) is 0 Å². The van der Waals surface area contributed by atoms with E-state index in [0.29, 0.717) is 24.5 Å². The van der Waals surface area contributed by atoms with Crippen molar-refractivity contribution in [2.75, 3.05) is 44.3 Å². The molecule has 2 amide bonds. The maximum atomic E-state index is 13.3. The van der Waals surface area contributed by atoms with Crippen LogP contribution in [-0.4, -0.2) is 81.8 Å². The number of fused-ring (bicyclic) bond motifs is 1. The first-order valence-corrected chi connectivity index (χ1v) is 13.1. The molecule has 2 aliphatic rings. The van der Waals surface area contributed by atoms with E-state index in [2.05, 4.69) is 4.72 Å². The molecule has 33 heavy (non-hydrogen) atoms. The number of carbonyl (C=O) groups is 2. The molecule has 184 valence electrons. The smallest absolute Gasteiger partial charge is 0.257 e. The minimum Gasteiger partial charge on any atom is -0.491 e. The second-order valence-corrected chi connectivity index (χ2v) is 11.1. The molecule has 1 aromatic rings. The van der Waals surface area contributed by atoms with E-state index in [0.717, 1.165) is 12.8 Å². The van der Waals surface area contributed by atoms with Crippen LogP contribution in [0.3, 0.4) is 0 Å². The lowest BCUT2D eigenvalue weighted by atomic mass is 10.0. The van der Waals surface area contributed by atoms with E-state index in [4.69, 9.17) is 9.47 Å². The standard InChI is InChI=1S/C23H35N3O6S/c1-6-33(29,30)24-18-9-10-20-19(11-18)23(28)25(4)13-21(31-5)15(2)12-26(16(3)14-32-20)22(27)17-7-8-17/h9-11,15-17,21,24H,6-8,12-14H2,1-5H3/t15-,16+,21+/m1/s1. The molecule has 0 unspecified atom stereocenters. The van der Waals surface area contributed by atoms with Crippen LogP contribution in [0.5, 0.6) is 5.75 Å². The number of hydrogen-bond acceptors (Lipinski definition) is 6. The predicted molar refractivity (Wildman–Crippen MR) is 126 cm³/mol. The first-order valence-electron chi connectivity index (χ1n) is 11.4. The molecule has 0 bridgehead atoms. The summed E-state index contributed by atoms with van der Waals surface area (Å²) < 4.78 is 38.2. The van der Waals surface area contributed by atoms with Gasteiger partial charge in [0.25, 0.3) is 5.91 Å². The zero-order chi connectivity index (χ0) is 24.3. The number of nitrogens with zero attached hydrogens (tertiary/aromatic N) is 2. The monoisotopic (exact) mass is 481 g/mol. The van der Waals surface area contributed by atoms with Crippen molar-refractivity contribution >= 4 is 27.5 Å². The average molecular weight is 482 g/mol. The molecule has 1 aliphatic heterocycles. The van der Waals surface area contributed by atoms with Crippen LogP contribution in [-0.2, 0) is 19.6 Å². The number of methoxy groups -OCH3 is 1. The Labute approximate surface area is 196 Å². The lowest BCUT2D eigenvalue weighted by molar-refractivity contribution is -0.136. The van der Waals surface area contributed by atoms with Gasteiger partial charge in [0.05, 0.1) is 23.5 Å². The molecule has 1 aliphatic carbocycles. The van der Waals surface area contributed by atoms with E-state index >= 15 is 0 Å². The summed E-state index contributed by atoms with van der Waals surface area (Å²) in [6, 6.07) is 4.46. The average Bonchev–Trinajstić information content (AvgIpc) is 3.63. The van der Waals surface area contributed by atoms with Gasteiger partial charge < -0.3 is 19.3 Å². The second kappa shape index (κ2) is 10.3. The summed E-state index contributed by atoms with van der Waals surface area (Å²) in [5.74, 6) is 0.190. The van der Waals surface area contributed by atoms with Gasteiger partial charge in [-0.15, -0.1) is 0 Å². The molecular formula is C23H35N3O6S. The largest absolute Gasteiger partial charge is 0.491 e. The van der Waals surface area contributed by atoms with Gasteiger partial charge in [-0.1, -0.05) is 6.92 Å². The van der Waals surface area contributed by atoms with E-state index < -0.39 is 10.0 Å². The summed E-state index contributed by atoms with van der Waals surface area (Å²) in [6.45, 7) is 6.56. The fourth-order valence-corrected chi connectivity index (χ4v) is 4.59. The van der Waals surface area contributed by atoms with E-state index in [9.17, 15) is 18.0 Å². The van der Waals surface area contributed by atoms with Gasteiger partial charge in [0.15, 0.2) is 0 Å². The van der Waals surface area contributed by atoms with Gasteiger partial charge in [-0.2, -0.15) is 0 Å². The SMILES string of the molecule is CCS(=O)(=O)Nc1ccc2c(c1)C(=O)N(C)C[C@H](OC)[C@H](C)CN(C(=O)C1CC1)[C@@H](C)CO2. The fourth-order valence-electron chi connectivity index (χ4n) is 3.96. The van der Waals surface area contributed by atoms with Gasteiger partial charge in [-0.3, -0.25) is 14.3 Å². The maximum absolute atomic E-state index is 13.3. The predicted octanol–water partition coefficient (Wildman–Crippen LogP) is 2.19. The van der Waals surface area contributed by atoms with Gasteiger partial charge in [0.1, 0.15) is 12.4 Å². The van der Waals surface area contributed by atoms with Crippen LogP contribution in [0.2, 0.25) is 0 Å². The molecule has 0 saturated heterocycles. The molecule has 1 N–H and O–H groups in total. The summed E-state index contributed by atoms with van der Waals surface area (Å²) in [5, 5.41) is 0. The quantitative estimate of drug-likeness (QED) is 0.691. The Hall–Kier alpha value is -2.33. The zero-order valence-corrected chi connectivity index (χ0v) is 20.9. The molecule has 1 fully saturated rings. The van der Waals surface area contributed by atoms with E-state index in [1.807, 2.05) is 18.7 Å². The topological polar surface area (TPSA) is 105 Å². The molecule has 9 nitrogen and oxygen atoms in total. The number of ether oxygens (including phenoxy) is 2. The second-order valence-electron chi connectivity index (χ2n) is 9.08. The minimum atomic E-state index is -3.50. The van der Waals surface area contributed by atoms with Gasteiger partial charge in [0, 0.05) is 44.8 Å². The van der Waals surface area contributed by atoms with Gasteiger partial charge in [0.2, 0.25) is 15.9 Å². The molecule has 0 spiro atoms. The highest BCUT2D eigenvalue weighted by Gasteiger charge is 2.37. The Morgan fingerprint density at radius 3 is 2.55 bits per heavy atom. The number of rotatable bonds is 5. The number of sulfonamides is 1. The molecule has 3 rings (SSSR count). The molecular weight excluding hydrogens is 446 g/mol. The highest BCUT2D eigenvalue weighted by atomic mass is 32.2. The van der Waals surface area contributed by atoms with Gasteiger partial charge in [-0.25, -0.2) is 8.42 Å². The van der Waals surface area contributed by atoms with Gasteiger partial charge in [-0.05, 0) is 44.9 Å². The summed E-state index contributed by atoms with van der Waals surface area (Å²) >= 11 is 0. The number of likely N-dealkylation sites (N-methyl/N-ethyl adjacent to an activating group) is 1. The zero-order valence-electron chi connectivity index (χ0n) is 20.0. The third kappa shape index (κ3) is 6.17. The number of amides is 2. The Bertz CT molecular complexity index is 978. The highest BCUT2D eigenvalue weighted by Crippen LogP contribution is 2.33. The number of anilines is 1. The fraction of sp³-hybridized carbons (Fsp3) is 0.652. The number of carbonyl (C=O) groups excluding carboxylic acids is 2. The normalized spacial score (nSPS) is 24.9. The lowest BCUT2D eigenvalue weighted by Crippen LogP contribution is -2.49. The summed E-state index contributed by atoms with van der Waals surface area (Å²) in [5.41, 5.74) is 0.549. The van der Waals surface area contributed by atoms with Crippen molar-refractivity contribution in [1.82, 2.24) is 9.80 Å². The maximum Gasteiger partial charge on any atom is 0.257 e. The van der Waals surface area contributed by atoms with Crippen LogP contribution in [0.4, 0.5) is 5.69 Å². The number of benzene rings is 1. The first kappa shape index (κ1) is 25.3. The van der Waals surface area contributed by atoms with Crippen LogP contribution in [0.25, 0.3) is 0 Å². The number of hydrogen-bond donors (Lipinski definition) is 1. The van der Waals surface area contributed by atoms with Crippen LogP contribution in [0.15, 0.2) is 18.2 Å². The van der Waals surface area contributed by atoms with E-state index in [1.165, 1.54) is 6.07 Å². The van der Waals surface area contributed by atoms with Crippen LogP contribution in [0, 0.1) is 11.8 Å². The van der Waals surface area contributed by atoms with Crippen molar-refractivity contribution < 1.29 is 27.5 Å². The Morgan fingerprint density at radius 1 is 1.24 bits per heavy atom. The van der Waals surface area contributed by atoms with Crippen molar-refractivity contribution in [3.05, 3.63) is 23.8 Å².